The van der Waals surface area contributed by atoms with Gasteiger partial charge in [0.1, 0.15) is 6.61 Å². The molecule has 0 saturated heterocycles. The van der Waals surface area contributed by atoms with Gasteiger partial charge in [-0.2, -0.15) is 5.10 Å². The molecule has 0 unspecified atom stereocenters. The molecule has 1 aromatic heterocycles. The van der Waals surface area contributed by atoms with E-state index in [4.69, 9.17) is 4.74 Å². The summed E-state index contributed by atoms with van der Waals surface area (Å²) in [7, 11) is -3.22. The fourth-order valence-corrected chi connectivity index (χ4v) is 2.62. The highest BCUT2D eigenvalue weighted by atomic mass is 32.2. The number of H-pyrrole nitrogens is 1. The molecule has 0 aliphatic rings. The van der Waals surface area contributed by atoms with E-state index in [1.54, 1.807) is 42.6 Å². The van der Waals surface area contributed by atoms with Crippen molar-refractivity contribution in [2.24, 2.45) is 4.99 Å². The summed E-state index contributed by atoms with van der Waals surface area (Å²) >= 11 is 0. The average Bonchev–Trinajstić information content (AvgIpc) is 3.07. The van der Waals surface area contributed by atoms with Gasteiger partial charge in [0.25, 0.3) is 0 Å². The Morgan fingerprint density at radius 3 is 2.79 bits per heavy atom. The maximum absolute atomic E-state index is 11.6. The summed E-state index contributed by atoms with van der Waals surface area (Å²) < 4.78 is 28.8. The lowest BCUT2D eigenvalue weighted by Crippen LogP contribution is -1.99. The molecule has 0 spiro atoms. The third-order valence-corrected chi connectivity index (χ3v) is 4.33. The molecule has 1 heterocycles. The number of sulfone groups is 1. The van der Waals surface area contributed by atoms with Crippen molar-refractivity contribution in [1.29, 1.82) is 0 Å². The normalized spacial score (nSPS) is 12.9. The molecule has 0 atom stereocenters. The molecule has 0 aliphatic carbocycles. The summed E-state index contributed by atoms with van der Waals surface area (Å²) in [6, 6.07) is 8.49. The standard InChI is InChI=1S/C17H19N3O3S/c1-13(7-8-16(18-2)17-9-10-19-20-17)23-12-14-5-4-6-15(11-14)24(3,21)22/h4-11H,2,12H2,1,3H3,(H,19,20)/b13-7+,16-8-. The van der Waals surface area contributed by atoms with Gasteiger partial charge in [0, 0.05) is 12.5 Å². The van der Waals surface area contributed by atoms with Crippen LogP contribution in [0.15, 0.2) is 64.3 Å². The number of hydrogen-bond acceptors (Lipinski definition) is 5. The van der Waals surface area contributed by atoms with Crippen molar-refractivity contribution in [3.05, 3.63) is 65.7 Å². The second kappa shape index (κ2) is 7.74. The van der Waals surface area contributed by atoms with Gasteiger partial charge in [-0.3, -0.25) is 10.1 Å². The second-order valence-corrected chi connectivity index (χ2v) is 7.18. The summed E-state index contributed by atoms with van der Waals surface area (Å²) in [4.78, 5) is 4.21. The SMILES string of the molecule is C=N/C(=C\C=C(/C)OCc1cccc(S(C)(=O)=O)c1)c1ccn[nH]1. The molecule has 2 rings (SSSR count). The van der Waals surface area contributed by atoms with Crippen molar-refractivity contribution >= 4 is 22.3 Å². The second-order valence-electron chi connectivity index (χ2n) is 5.17. The van der Waals surface area contributed by atoms with Gasteiger partial charge in [-0.15, -0.1) is 0 Å². The molecule has 0 aliphatic heterocycles. The van der Waals surface area contributed by atoms with Gasteiger partial charge in [-0.1, -0.05) is 12.1 Å². The quantitative estimate of drug-likeness (QED) is 0.475. The number of aromatic nitrogens is 2. The largest absolute Gasteiger partial charge is 0.494 e. The maximum Gasteiger partial charge on any atom is 0.175 e. The third-order valence-electron chi connectivity index (χ3n) is 3.22. The van der Waals surface area contributed by atoms with E-state index in [1.165, 1.54) is 6.26 Å². The number of aromatic amines is 1. The van der Waals surface area contributed by atoms with Gasteiger partial charge in [0.2, 0.25) is 0 Å². The van der Waals surface area contributed by atoms with Crippen molar-refractivity contribution in [3.63, 3.8) is 0 Å². The number of benzene rings is 1. The van der Waals surface area contributed by atoms with E-state index in [9.17, 15) is 8.42 Å². The number of ether oxygens (including phenoxy) is 1. The molecule has 0 bridgehead atoms. The Kier molecular flexibility index (Phi) is 5.70. The van der Waals surface area contributed by atoms with Crippen LogP contribution in [0.2, 0.25) is 0 Å². The number of nitrogens with one attached hydrogen (secondary N) is 1. The summed E-state index contributed by atoms with van der Waals surface area (Å²) in [6.45, 7) is 5.62. The highest BCUT2D eigenvalue weighted by molar-refractivity contribution is 7.90. The van der Waals surface area contributed by atoms with E-state index in [2.05, 4.69) is 21.9 Å². The van der Waals surface area contributed by atoms with Crippen LogP contribution in [0.3, 0.4) is 0 Å². The van der Waals surface area contributed by atoms with Crippen LogP contribution >= 0.6 is 0 Å². The number of nitrogens with zero attached hydrogens (tertiary/aromatic N) is 2. The van der Waals surface area contributed by atoms with Crippen LogP contribution in [-0.4, -0.2) is 31.6 Å². The molecule has 126 valence electrons. The van der Waals surface area contributed by atoms with E-state index in [0.29, 0.717) is 11.5 Å². The van der Waals surface area contributed by atoms with Gasteiger partial charge in [-0.05, 0) is 49.6 Å². The predicted molar refractivity (Wildman–Crippen MR) is 94.2 cm³/mol. The van der Waals surface area contributed by atoms with Gasteiger partial charge in [-0.25, -0.2) is 8.42 Å². The van der Waals surface area contributed by atoms with Crippen LogP contribution in [0.1, 0.15) is 18.2 Å². The molecule has 7 heteroatoms. The average molecular weight is 345 g/mol. The van der Waals surface area contributed by atoms with Crippen molar-refractivity contribution in [1.82, 2.24) is 10.2 Å². The molecule has 24 heavy (non-hydrogen) atoms. The summed E-state index contributed by atoms with van der Waals surface area (Å²) in [5.74, 6) is 0.667. The Hall–Kier alpha value is -2.67. The van der Waals surface area contributed by atoms with Crippen LogP contribution in [-0.2, 0) is 21.2 Å². The summed E-state index contributed by atoms with van der Waals surface area (Å²) in [6.07, 6.45) is 6.35. The molecule has 0 radical (unpaired) electrons. The van der Waals surface area contributed by atoms with Crippen LogP contribution in [0.25, 0.3) is 5.70 Å². The molecule has 6 nitrogen and oxygen atoms in total. The van der Waals surface area contributed by atoms with Gasteiger partial charge in [0.05, 0.1) is 22.0 Å². The monoisotopic (exact) mass is 345 g/mol. The minimum absolute atomic E-state index is 0.278. The fourth-order valence-electron chi connectivity index (χ4n) is 1.93. The predicted octanol–water partition coefficient (Wildman–Crippen LogP) is 2.98. The Balaban J connectivity index is 2.05. The topological polar surface area (TPSA) is 84.4 Å². The van der Waals surface area contributed by atoms with Crippen LogP contribution in [0, 0.1) is 0 Å². The Morgan fingerprint density at radius 1 is 1.38 bits per heavy atom. The first kappa shape index (κ1) is 17.7. The first-order valence-electron chi connectivity index (χ1n) is 7.17. The van der Waals surface area contributed by atoms with Gasteiger partial charge in [0.15, 0.2) is 9.84 Å². The highest BCUT2D eigenvalue weighted by Crippen LogP contribution is 2.15. The number of allylic oxidation sites excluding steroid dienone is 3. The Bertz CT molecular complexity index is 866. The lowest BCUT2D eigenvalue weighted by atomic mass is 10.2. The molecular formula is C17H19N3O3S. The zero-order valence-electron chi connectivity index (χ0n) is 13.6. The zero-order chi connectivity index (χ0) is 17.6. The van der Waals surface area contributed by atoms with E-state index < -0.39 is 9.84 Å². The summed E-state index contributed by atoms with van der Waals surface area (Å²) in [5.41, 5.74) is 2.19. The van der Waals surface area contributed by atoms with Crippen molar-refractivity contribution in [2.75, 3.05) is 6.26 Å². The highest BCUT2D eigenvalue weighted by Gasteiger charge is 2.07. The van der Waals surface area contributed by atoms with Gasteiger partial charge < -0.3 is 4.74 Å². The molecule has 0 fully saturated rings. The molecule has 2 aromatic rings. The molecule has 1 aromatic carbocycles. The minimum atomic E-state index is -3.22. The lowest BCUT2D eigenvalue weighted by molar-refractivity contribution is 0.200. The zero-order valence-corrected chi connectivity index (χ0v) is 14.4. The van der Waals surface area contributed by atoms with Crippen molar-refractivity contribution in [3.8, 4) is 0 Å². The summed E-state index contributed by atoms with van der Waals surface area (Å²) in [5, 5.41) is 6.68. The lowest BCUT2D eigenvalue weighted by Gasteiger charge is -2.07. The smallest absolute Gasteiger partial charge is 0.175 e. The molecule has 0 saturated carbocycles. The molecular weight excluding hydrogens is 326 g/mol. The van der Waals surface area contributed by atoms with E-state index in [0.717, 1.165) is 11.3 Å². The van der Waals surface area contributed by atoms with E-state index >= 15 is 0 Å². The number of rotatable bonds is 7. The Labute approximate surface area is 141 Å². The molecule has 1 N–H and O–H groups in total. The number of hydrogen-bond donors (Lipinski definition) is 1. The fraction of sp³-hybridized carbons (Fsp3) is 0.176. The number of aliphatic imine (C=N–C) groups is 1. The van der Waals surface area contributed by atoms with Crippen molar-refractivity contribution in [2.45, 2.75) is 18.4 Å². The van der Waals surface area contributed by atoms with Gasteiger partial charge >= 0.3 is 0 Å². The first-order valence-corrected chi connectivity index (χ1v) is 9.06. The van der Waals surface area contributed by atoms with Crippen LogP contribution in [0.4, 0.5) is 0 Å². The van der Waals surface area contributed by atoms with Crippen molar-refractivity contribution < 1.29 is 13.2 Å². The van der Waals surface area contributed by atoms with Crippen LogP contribution in [0.5, 0.6) is 0 Å². The first-order chi connectivity index (χ1) is 11.4. The van der Waals surface area contributed by atoms with Crippen LogP contribution < -0.4 is 0 Å². The van der Waals surface area contributed by atoms with E-state index in [1.807, 2.05) is 13.0 Å². The minimum Gasteiger partial charge on any atom is -0.494 e. The van der Waals surface area contributed by atoms with E-state index in [-0.39, 0.29) is 11.5 Å². The third kappa shape index (κ3) is 4.92. The maximum atomic E-state index is 11.6. The Morgan fingerprint density at radius 2 is 2.17 bits per heavy atom. The molecule has 0 amide bonds.